The fourth-order valence-corrected chi connectivity index (χ4v) is 5.57. The molecule has 0 amide bonds. The Labute approximate surface area is 237 Å². The molecule has 0 aliphatic carbocycles. The van der Waals surface area contributed by atoms with Crippen LogP contribution < -0.4 is 4.74 Å². The largest absolute Gasteiger partial charge is 0.573 e. The number of alkyl halides is 3. The van der Waals surface area contributed by atoms with Crippen molar-refractivity contribution in [1.82, 2.24) is 24.8 Å². The van der Waals surface area contributed by atoms with E-state index in [1.165, 1.54) is 29.1 Å². The highest BCUT2D eigenvalue weighted by atomic mass is 32.2. The van der Waals surface area contributed by atoms with Crippen molar-refractivity contribution in [2.24, 2.45) is 0 Å². The number of aryl methyl sites for hydroxylation is 2. The van der Waals surface area contributed by atoms with E-state index >= 15 is 0 Å². The summed E-state index contributed by atoms with van der Waals surface area (Å²) in [5.74, 6) is -1.28. The van der Waals surface area contributed by atoms with Gasteiger partial charge in [0.1, 0.15) is 11.6 Å². The Bertz CT molecular complexity index is 1900. The second-order valence-corrected chi connectivity index (χ2v) is 11.5. The van der Waals surface area contributed by atoms with Gasteiger partial charge >= 0.3 is 6.36 Å². The highest BCUT2D eigenvalue weighted by Gasteiger charge is 2.31. The lowest BCUT2D eigenvalue weighted by molar-refractivity contribution is -0.274. The van der Waals surface area contributed by atoms with E-state index in [0.29, 0.717) is 28.2 Å². The molecule has 0 saturated heterocycles. The maximum absolute atomic E-state index is 15.0. The third-order valence-electron chi connectivity index (χ3n) is 6.42. The van der Waals surface area contributed by atoms with Crippen LogP contribution in [0.3, 0.4) is 0 Å². The van der Waals surface area contributed by atoms with E-state index in [0.717, 1.165) is 35.8 Å². The number of ether oxygens (including phenoxy) is 1. The summed E-state index contributed by atoms with van der Waals surface area (Å²) in [6, 6.07) is 14.5. The van der Waals surface area contributed by atoms with Crippen molar-refractivity contribution >= 4 is 9.84 Å². The lowest BCUT2D eigenvalue weighted by Crippen LogP contribution is -2.16. The number of rotatable bonds is 7. The van der Waals surface area contributed by atoms with Crippen molar-refractivity contribution in [3.8, 4) is 39.5 Å². The molecule has 2 aromatic heterocycles. The number of nitrogens with zero attached hydrogens (tertiary/aromatic N) is 5. The summed E-state index contributed by atoms with van der Waals surface area (Å²) in [7, 11) is -3.89. The molecule has 5 aromatic rings. The fourth-order valence-electron chi connectivity index (χ4n) is 4.62. The van der Waals surface area contributed by atoms with Gasteiger partial charge in [0.05, 0.1) is 40.5 Å². The molecule has 0 radical (unpaired) electrons. The molecule has 0 unspecified atom stereocenters. The lowest BCUT2D eigenvalue weighted by Gasteiger charge is -2.16. The Morgan fingerprint density at radius 1 is 0.905 bits per heavy atom. The average Bonchev–Trinajstić information content (AvgIpc) is 3.52. The van der Waals surface area contributed by atoms with Crippen LogP contribution in [0.15, 0.2) is 71.8 Å². The molecule has 0 atom stereocenters. The number of aliphatic hydroxyl groups is 1. The number of benzene rings is 3. The van der Waals surface area contributed by atoms with Crippen molar-refractivity contribution in [3.63, 3.8) is 0 Å². The van der Waals surface area contributed by atoms with E-state index < -0.39 is 34.4 Å². The van der Waals surface area contributed by atoms with Crippen molar-refractivity contribution in [3.05, 3.63) is 89.6 Å². The van der Waals surface area contributed by atoms with Gasteiger partial charge in [-0.2, -0.15) is 5.10 Å². The van der Waals surface area contributed by atoms with Crippen molar-refractivity contribution in [1.29, 1.82) is 0 Å². The molecule has 42 heavy (non-hydrogen) atoms. The van der Waals surface area contributed by atoms with Gasteiger partial charge < -0.3 is 9.84 Å². The number of halogens is 4. The van der Waals surface area contributed by atoms with Crippen LogP contribution in [0.2, 0.25) is 0 Å². The molecular weight excluding hydrogens is 578 g/mol. The van der Waals surface area contributed by atoms with Crippen molar-refractivity contribution in [2.75, 3.05) is 6.26 Å². The van der Waals surface area contributed by atoms with Gasteiger partial charge in [-0.05, 0) is 79.6 Å². The minimum atomic E-state index is -4.84. The van der Waals surface area contributed by atoms with E-state index in [1.54, 1.807) is 22.9 Å². The third-order valence-corrected chi connectivity index (χ3v) is 7.58. The molecule has 3 aromatic carbocycles. The van der Waals surface area contributed by atoms with Gasteiger partial charge in [-0.3, -0.25) is 0 Å². The van der Waals surface area contributed by atoms with Crippen LogP contribution in [0.25, 0.3) is 33.8 Å². The number of hydrogen-bond acceptors (Lipinski definition) is 7. The minimum absolute atomic E-state index is 0.224. The summed E-state index contributed by atoms with van der Waals surface area (Å²) in [6.45, 7) is 2.87. The molecular formula is C28H23F4N5O4S. The smallest absolute Gasteiger partial charge is 0.406 e. The van der Waals surface area contributed by atoms with Crippen molar-refractivity contribution < 1.29 is 35.8 Å². The molecule has 0 spiro atoms. The molecule has 0 bridgehead atoms. The fraction of sp³-hybridized carbons (Fsp3) is 0.179. The number of hydrogen-bond donors (Lipinski definition) is 1. The summed E-state index contributed by atoms with van der Waals surface area (Å²) < 4.78 is 84.8. The highest BCUT2D eigenvalue weighted by Crippen LogP contribution is 2.34. The highest BCUT2D eigenvalue weighted by molar-refractivity contribution is 7.90. The van der Waals surface area contributed by atoms with Crippen LogP contribution in [0.5, 0.6) is 5.75 Å². The first-order valence-corrected chi connectivity index (χ1v) is 14.2. The van der Waals surface area contributed by atoms with Crippen LogP contribution in [0.1, 0.15) is 17.0 Å². The normalized spacial score (nSPS) is 12.1. The number of aromatic nitrogens is 5. The standard InChI is InChI=1S/C28H23F4N5O4S/c1-16-10-17(2)36(34-16)24-9-6-19(20-11-23(29)22(15-38)27(13-20)42(3,39)40)12-25(24)37-26(14-33-35-37)18-4-7-21(8-5-18)41-28(30,31)32/h4-14,38H,15H2,1-3H3. The predicted molar refractivity (Wildman–Crippen MR) is 145 cm³/mol. The average molecular weight is 602 g/mol. The first kappa shape index (κ1) is 29.0. The van der Waals surface area contributed by atoms with Gasteiger partial charge in [-0.25, -0.2) is 22.2 Å². The summed E-state index contributed by atoms with van der Waals surface area (Å²) >= 11 is 0. The Morgan fingerprint density at radius 2 is 1.60 bits per heavy atom. The number of sulfone groups is 1. The molecule has 14 heteroatoms. The molecule has 0 saturated carbocycles. The second kappa shape index (κ2) is 10.7. The van der Waals surface area contributed by atoms with Crippen LogP contribution in [0.4, 0.5) is 17.6 Å². The summed E-state index contributed by atoms with van der Waals surface area (Å²) in [6.07, 6.45) is -2.49. The van der Waals surface area contributed by atoms with E-state index in [1.807, 2.05) is 19.9 Å². The van der Waals surface area contributed by atoms with Gasteiger partial charge in [0, 0.05) is 23.1 Å². The van der Waals surface area contributed by atoms with Crippen molar-refractivity contribution in [2.45, 2.75) is 31.7 Å². The van der Waals surface area contributed by atoms with E-state index in [-0.39, 0.29) is 16.0 Å². The predicted octanol–water partition coefficient (Wildman–Crippen LogP) is 5.34. The van der Waals surface area contributed by atoms with E-state index in [9.17, 15) is 31.1 Å². The van der Waals surface area contributed by atoms with E-state index in [4.69, 9.17) is 0 Å². The Hall–Kier alpha value is -4.56. The molecule has 0 aliphatic rings. The molecule has 0 aliphatic heterocycles. The monoisotopic (exact) mass is 601 g/mol. The minimum Gasteiger partial charge on any atom is -0.406 e. The first-order chi connectivity index (χ1) is 19.7. The molecule has 9 nitrogen and oxygen atoms in total. The summed E-state index contributed by atoms with van der Waals surface area (Å²) in [5, 5.41) is 22.4. The molecule has 5 rings (SSSR count). The zero-order chi connectivity index (χ0) is 30.4. The van der Waals surface area contributed by atoms with Gasteiger partial charge in [0.2, 0.25) is 0 Å². The second-order valence-electron chi connectivity index (χ2n) is 9.51. The molecule has 218 valence electrons. The third kappa shape index (κ3) is 5.76. The topological polar surface area (TPSA) is 112 Å². The van der Waals surface area contributed by atoms with Crippen LogP contribution >= 0.6 is 0 Å². The van der Waals surface area contributed by atoms with Gasteiger partial charge in [-0.15, -0.1) is 18.3 Å². The zero-order valence-corrected chi connectivity index (χ0v) is 23.2. The lowest BCUT2D eigenvalue weighted by atomic mass is 10.0. The van der Waals surface area contributed by atoms with E-state index in [2.05, 4.69) is 20.1 Å². The quantitative estimate of drug-likeness (QED) is 0.251. The Morgan fingerprint density at radius 3 is 2.19 bits per heavy atom. The number of aliphatic hydroxyl groups excluding tert-OH is 1. The first-order valence-electron chi connectivity index (χ1n) is 12.3. The Balaban J connectivity index is 1.70. The summed E-state index contributed by atoms with van der Waals surface area (Å²) in [5.41, 5.74) is 3.66. The Kier molecular flexibility index (Phi) is 7.37. The zero-order valence-electron chi connectivity index (χ0n) is 22.4. The van der Waals surface area contributed by atoms with Gasteiger partial charge in [0.15, 0.2) is 9.84 Å². The van der Waals surface area contributed by atoms with Gasteiger partial charge in [0.25, 0.3) is 0 Å². The molecule has 0 fully saturated rings. The maximum Gasteiger partial charge on any atom is 0.573 e. The van der Waals surface area contributed by atoms with Crippen LogP contribution in [0, 0.1) is 19.7 Å². The molecule has 2 heterocycles. The SMILES string of the molecule is Cc1cc(C)n(-c2ccc(-c3cc(F)c(CO)c(S(C)(=O)=O)c3)cc2-n2nncc2-c2ccc(OC(F)(F)F)cc2)n1. The summed E-state index contributed by atoms with van der Waals surface area (Å²) in [4.78, 5) is -0.341. The van der Waals surface area contributed by atoms with Gasteiger partial charge in [-0.1, -0.05) is 11.3 Å². The van der Waals surface area contributed by atoms with Crippen LogP contribution in [-0.2, 0) is 16.4 Å². The maximum atomic E-state index is 15.0. The van der Waals surface area contributed by atoms with Crippen LogP contribution in [-0.4, -0.2) is 50.9 Å². The molecule has 1 N–H and O–H groups in total.